The van der Waals surface area contributed by atoms with Crippen molar-refractivity contribution in [1.29, 1.82) is 0 Å². The number of carbonyl (C=O) groups is 2. The maximum atomic E-state index is 13.6. The number of rotatable bonds is 13. The quantitative estimate of drug-likeness (QED) is 0.344. The molecule has 2 fully saturated rings. The molecule has 4 rings (SSSR count). The summed E-state index contributed by atoms with van der Waals surface area (Å²) in [7, 11) is 0. The third kappa shape index (κ3) is 8.98. The van der Waals surface area contributed by atoms with Crippen molar-refractivity contribution in [3.8, 4) is 11.5 Å². The summed E-state index contributed by atoms with van der Waals surface area (Å²) in [6.45, 7) is 7.48. The van der Waals surface area contributed by atoms with E-state index in [1.165, 1.54) is 32.1 Å². The van der Waals surface area contributed by atoms with Gasteiger partial charge in [-0.1, -0.05) is 50.5 Å². The fraction of sp³-hybridized carbons (Fsp3) is 0.576. The third-order valence-electron chi connectivity index (χ3n) is 8.00. The van der Waals surface area contributed by atoms with Crippen molar-refractivity contribution in [1.82, 2.24) is 15.5 Å². The number of amides is 2. The van der Waals surface area contributed by atoms with Crippen LogP contribution in [0.15, 0.2) is 42.5 Å². The summed E-state index contributed by atoms with van der Waals surface area (Å²) in [6.07, 6.45) is 10.1. The van der Waals surface area contributed by atoms with Crippen molar-refractivity contribution < 1.29 is 19.1 Å². The molecule has 1 unspecified atom stereocenters. The highest BCUT2D eigenvalue weighted by Gasteiger charge is 2.31. The van der Waals surface area contributed by atoms with Crippen molar-refractivity contribution in [2.75, 3.05) is 26.3 Å². The predicted octanol–water partition coefficient (Wildman–Crippen LogP) is 5.53. The Labute approximate surface area is 240 Å². The van der Waals surface area contributed by atoms with Crippen LogP contribution in [0.3, 0.4) is 0 Å². The Hall–Kier alpha value is -3.06. The van der Waals surface area contributed by atoms with Crippen LogP contribution in [0.5, 0.6) is 11.5 Å². The molecule has 2 aromatic carbocycles. The molecule has 1 saturated heterocycles. The van der Waals surface area contributed by atoms with Crippen molar-refractivity contribution >= 4 is 11.8 Å². The van der Waals surface area contributed by atoms with Crippen molar-refractivity contribution in [3.05, 3.63) is 59.2 Å². The standard InChI is InChI=1S/C33H47N3O4/c1-3-18-39-31-16-15-28(19-25(31)2)23-36(30-14-7-8-17-35-33(30)38)32(37)24-40-29-13-9-12-27(20-29)22-34-21-26-10-5-4-6-11-26/h9,12-13,15-16,19-20,26,30,34H,3-8,10-11,14,17-18,21-24H2,1-2H3,(H,35,38). The molecule has 0 bridgehead atoms. The Balaban J connectivity index is 1.39. The molecule has 2 amide bonds. The molecule has 40 heavy (non-hydrogen) atoms. The fourth-order valence-corrected chi connectivity index (χ4v) is 5.76. The first-order valence-electron chi connectivity index (χ1n) is 15.3. The second-order valence-electron chi connectivity index (χ2n) is 11.3. The van der Waals surface area contributed by atoms with E-state index in [4.69, 9.17) is 9.47 Å². The maximum absolute atomic E-state index is 13.6. The van der Waals surface area contributed by atoms with Crippen LogP contribution in [0.2, 0.25) is 0 Å². The third-order valence-corrected chi connectivity index (χ3v) is 8.00. The lowest BCUT2D eigenvalue weighted by molar-refractivity contribution is -0.142. The van der Waals surface area contributed by atoms with E-state index in [9.17, 15) is 9.59 Å². The SMILES string of the molecule is CCCOc1ccc(CN(C(=O)COc2cccc(CNCC3CCCCC3)c2)C2CCCCNC2=O)cc1C. The second-order valence-corrected chi connectivity index (χ2v) is 11.3. The minimum absolute atomic E-state index is 0.0866. The number of benzene rings is 2. The van der Waals surface area contributed by atoms with Crippen molar-refractivity contribution in [3.63, 3.8) is 0 Å². The fourth-order valence-electron chi connectivity index (χ4n) is 5.76. The molecule has 1 heterocycles. The molecule has 0 aromatic heterocycles. The predicted molar refractivity (Wildman–Crippen MR) is 158 cm³/mol. The first kappa shape index (κ1) is 29.9. The highest BCUT2D eigenvalue weighted by molar-refractivity contribution is 5.88. The summed E-state index contributed by atoms with van der Waals surface area (Å²) < 4.78 is 11.8. The van der Waals surface area contributed by atoms with Gasteiger partial charge in [-0.3, -0.25) is 9.59 Å². The van der Waals surface area contributed by atoms with Gasteiger partial charge in [0.25, 0.3) is 5.91 Å². The summed E-state index contributed by atoms with van der Waals surface area (Å²) >= 11 is 0. The zero-order chi connectivity index (χ0) is 28.2. The average Bonchev–Trinajstić information content (AvgIpc) is 3.19. The molecule has 7 nitrogen and oxygen atoms in total. The molecule has 2 aromatic rings. The molecule has 2 N–H and O–H groups in total. The van der Waals surface area contributed by atoms with Gasteiger partial charge in [-0.2, -0.15) is 0 Å². The molecular weight excluding hydrogens is 502 g/mol. The Morgan fingerprint density at radius 2 is 1.82 bits per heavy atom. The van der Waals surface area contributed by atoms with Gasteiger partial charge in [0.15, 0.2) is 6.61 Å². The summed E-state index contributed by atoms with van der Waals surface area (Å²) in [6, 6.07) is 13.4. The Morgan fingerprint density at radius 3 is 2.62 bits per heavy atom. The summed E-state index contributed by atoms with van der Waals surface area (Å²) in [5.41, 5.74) is 3.13. The highest BCUT2D eigenvalue weighted by Crippen LogP contribution is 2.24. The molecule has 1 saturated carbocycles. The van der Waals surface area contributed by atoms with Gasteiger partial charge >= 0.3 is 0 Å². The van der Waals surface area contributed by atoms with Crippen molar-refractivity contribution in [2.45, 2.75) is 90.8 Å². The Kier molecular flexibility index (Phi) is 11.7. The molecule has 1 aliphatic carbocycles. The first-order valence-corrected chi connectivity index (χ1v) is 15.3. The largest absolute Gasteiger partial charge is 0.493 e. The van der Waals surface area contributed by atoms with E-state index in [1.54, 1.807) is 4.90 Å². The molecular formula is C33H47N3O4. The zero-order valence-electron chi connectivity index (χ0n) is 24.4. The molecule has 1 aliphatic heterocycles. The van der Waals surface area contributed by atoms with Gasteiger partial charge in [0.1, 0.15) is 17.5 Å². The van der Waals surface area contributed by atoms with Crippen LogP contribution in [0.25, 0.3) is 0 Å². The number of hydrogen-bond acceptors (Lipinski definition) is 5. The van der Waals surface area contributed by atoms with E-state index in [0.29, 0.717) is 31.9 Å². The molecule has 7 heteroatoms. The van der Waals surface area contributed by atoms with E-state index >= 15 is 0 Å². The molecule has 0 spiro atoms. The lowest BCUT2D eigenvalue weighted by atomic mass is 9.89. The van der Waals surface area contributed by atoms with Crippen LogP contribution in [0.4, 0.5) is 0 Å². The number of nitrogens with one attached hydrogen (secondary N) is 2. The van der Waals surface area contributed by atoms with Crippen molar-refractivity contribution in [2.24, 2.45) is 5.92 Å². The number of aryl methyl sites for hydroxylation is 1. The van der Waals surface area contributed by atoms with Crippen LogP contribution >= 0.6 is 0 Å². The Bertz CT molecular complexity index is 1100. The van der Waals surface area contributed by atoms with Gasteiger partial charge in [-0.15, -0.1) is 0 Å². The minimum atomic E-state index is -0.509. The average molecular weight is 550 g/mol. The van der Waals surface area contributed by atoms with Gasteiger partial charge in [-0.05, 0) is 92.8 Å². The second kappa shape index (κ2) is 15.7. The monoisotopic (exact) mass is 549 g/mol. The molecule has 218 valence electrons. The van der Waals surface area contributed by atoms with E-state index in [-0.39, 0.29) is 18.4 Å². The summed E-state index contributed by atoms with van der Waals surface area (Å²) in [5.74, 6) is 2.03. The molecule has 1 atom stereocenters. The minimum Gasteiger partial charge on any atom is -0.493 e. The van der Waals surface area contributed by atoms with Crippen LogP contribution in [0, 0.1) is 12.8 Å². The lowest BCUT2D eigenvalue weighted by Gasteiger charge is -2.30. The van der Waals surface area contributed by atoms with E-state index in [2.05, 4.69) is 23.6 Å². The van der Waals surface area contributed by atoms with Gasteiger partial charge in [-0.25, -0.2) is 0 Å². The number of carbonyl (C=O) groups excluding carboxylic acids is 2. The smallest absolute Gasteiger partial charge is 0.261 e. The molecule has 2 aliphatic rings. The van der Waals surface area contributed by atoms with Gasteiger partial charge < -0.3 is 25.0 Å². The maximum Gasteiger partial charge on any atom is 0.261 e. The van der Waals surface area contributed by atoms with Gasteiger partial charge in [0.2, 0.25) is 5.91 Å². The van der Waals surface area contributed by atoms with Crippen LogP contribution in [0.1, 0.15) is 81.4 Å². The van der Waals surface area contributed by atoms with Crippen LogP contribution in [-0.4, -0.2) is 49.1 Å². The Morgan fingerprint density at radius 1 is 1.00 bits per heavy atom. The summed E-state index contributed by atoms with van der Waals surface area (Å²) in [5, 5.41) is 6.58. The number of nitrogens with zero attached hydrogens (tertiary/aromatic N) is 1. The number of hydrogen-bond donors (Lipinski definition) is 2. The van der Waals surface area contributed by atoms with Gasteiger partial charge in [0.05, 0.1) is 6.61 Å². The molecule has 0 radical (unpaired) electrons. The van der Waals surface area contributed by atoms with Crippen LogP contribution < -0.4 is 20.1 Å². The lowest BCUT2D eigenvalue weighted by Crippen LogP contribution is -2.49. The summed E-state index contributed by atoms with van der Waals surface area (Å²) in [4.78, 5) is 28.2. The van der Waals surface area contributed by atoms with Crippen LogP contribution in [-0.2, 0) is 22.7 Å². The van der Waals surface area contributed by atoms with Gasteiger partial charge in [0, 0.05) is 19.6 Å². The first-order chi connectivity index (χ1) is 19.5. The van der Waals surface area contributed by atoms with E-state index in [0.717, 1.165) is 60.7 Å². The normalized spacial score (nSPS) is 18.1. The topological polar surface area (TPSA) is 79.9 Å². The zero-order valence-corrected chi connectivity index (χ0v) is 24.4. The highest BCUT2D eigenvalue weighted by atomic mass is 16.5. The van der Waals surface area contributed by atoms with E-state index < -0.39 is 6.04 Å². The number of ether oxygens (including phenoxy) is 2. The van der Waals surface area contributed by atoms with E-state index in [1.807, 2.05) is 43.3 Å².